The Labute approximate surface area is 95.7 Å². The smallest absolute Gasteiger partial charge is 0.308 e. The van der Waals surface area contributed by atoms with Crippen LogP contribution in [0, 0.1) is 11.8 Å². The molecule has 1 rings (SSSR count). The van der Waals surface area contributed by atoms with Crippen molar-refractivity contribution in [1.82, 2.24) is 0 Å². The topological polar surface area (TPSA) is 65.0 Å². The van der Waals surface area contributed by atoms with Crippen LogP contribution in [0.3, 0.4) is 0 Å². The molecule has 0 spiro atoms. The second-order valence-electron chi connectivity index (χ2n) is 4.27. The Balaban J connectivity index is 2.67. The van der Waals surface area contributed by atoms with Crippen molar-refractivity contribution in [2.24, 2.45) is 11.8 Å². The van der Waals surface area contributed by atoms with E-state index >= 15 is 0 Å². The number of ether oxygens (including phenoxy) is 3. The lowest BCUT2D eigenvalue weighted by Gasteiger charge is -2.41. The second-order valence-corrected chi connectivity index (χ2v) is 4.27. The van der Waals surface area contributed by atoms with Crippen LogP contribution in [-0.2, 0) is 19.0 Å². The zero-order chi connectivity index (χ0) is 12.3. The highest BCUT2D eigenvalue weighted by Gasteiger charge is 2.41. The molecule has 1 heterocycles. The van der Waals surface area contributed by atoms with Crippen LogP contribution in [0.2, 0.25) is 0 Å². The van der Waals surface area contributed by atoms with Crippen molar-refractivity contribution in [3.05, 3.63) is 0 Å². The van der Waals surface area contributed by atoms with Gasteiger partial charge in [-0.1, -0.05) is 13.8 Å². The first kappa shape index (κ1) is 13.4. The van der Waals surface area contributed by atoms with Crippen molar-refractivity contribution in [2.45, 2.75) is 38.8 Å². The fraction of sp³-hybridized carbons (Fsp3) is 0.909. The molecule has 94 valence electrons. The number of aliphatic hydroxyl groups is 1. The molecule has 0 saturated carbocycles. The SMILES string of the molecule is COC(=O)C[C@@H]1O[C@@H](OC)[C@H](C)[C@@H](O)[C@H]1C. The van der Waals surface area contributed by atoms with Crippen LogP contribution in [0.25, 0.3) is 0 Å². The predicted molar refractivity (Wildman–Crippen MR) is 56.6 cm³/mol. The number of methoxy groups -OCH3 is 2. The predicted octanol–water partition coefficient (Wildman–Crippen LogP) is 0.554. The van der Waals surface area contributed by atoms with Gasteiger partial charge >= 0.3 is 5.97 Å². The van der Waals surface area contributed by atoms with E-state index in [0.29, 0.717) is 0 Å². The van der Waals surface area contributed by atoms with E-state index in [9.17, 15) is 9.90 Å². The molecular weight excluding hydrogens is 212 g/mol. The summed E-state index contributed by atoms with van der Waals surface area (Å²) in [4.78, 5) is 11.2. The van der Waals surface area contributed by atoms with Gasteiger partial charge in [-0.2, -0.15) is 0 Å². The van der Waals surface area contributed by atoms with E-state index in [1.54, 1.807) is 0 Å². The Bertz CT molecular complexity index is 241. The van der Waals surface area contributed by atoms with Crippen LogP contribution >= 0.6 is 0 Å². The van der Waals surface area contributed by atoms with Crippen molar-refractivity contribution in [1.29, 1.82) is 0 Å². The minimum absolute atomic E-state index is 0.103. The summed E-state index contributed by atoms with van der Waals surface area (Å²) in [5.74, 6) is -0.553. The van der Waals surface area contributed by atoms with Crippen molar-refractivity contribution in [3.63, 3.8) is 0 Å². The van der Waals surface area contributed by atoms with E-state index in [0.717, 1.165) is 0 Å². The molecule has 5 atom stereocenters. The number of hydrogen-bond donors (Lipinski definition) is 1. The minimum Gasteiger partial charge on any atom is -0.469 e. The Hall–Kier alpha value is -0.650. The fourth-order valence-electron chi connectivity index (χ4n) is 2.03. The molecule has 0 aliphatic carbocycles. The van der Waals surface area contributed by atoms with Crippen molar-refractivity contribution >= 4 is 5.97 Å². The second kappa shape index (κ2) is 5.61. The largest absolute Gasteiger partial charge is 0.469 e. The quantitative estimate of drug-likeness (QED) is 0.720. The van der Waals surface area contributed by atoms with Crippen molar-refractivity contribution < 1.29 is 24.1 Å². The lowest BCUT2D eigenvalue weighted by atomic mass is 9.84. The maximum Gasteiger partial charge on any atom is 0.308 e. The van der Waals surface area contributed by atoms with Gasteiger partial charge in [0.15, 0.2) is 6.29 Å². The third kappa shape index (κ3) is 2.72. The molecule has 0 aromatic heterocycles. The first-order valence-corrected chi connectivity index (χ1v) is 5.44. The number of carbonyl (C=O) groups excluding carboxylic acids is 1. The summed E-state index contributed by atoms with van der Waals surface area (Å²) in [5.41, 5.74) is 0. The van der Waals surface area contributed by atoms with Gasteiger partial charge < -0.3 is 19.3 Å². The number of carbonyl (C=O) groups is 1. The maximum absolute atomic E-state index is 11.2. The van der Waals surface area contributed by atoms with Crippen molar-refractivity contribution in [3.8, 4) is 0 Å². The Morgan fingerprint density at radius 1 is 1.31 bits per heavy atom. The molecule has 1 aliphatic heterocycles. The van der Waals surface area contributed by atoms with Crippen LogP contribution < -0.4 is 0 Å². The van der Waals surface area contributed by atoms with E-state index in [2.05, 4.69) is 4.74 Å². The summed E-state index contributed by atoms with van der Waals surface area (Å²) in [6.07, 6.45) is -1.22. The molecule has 0 amide bonds. The monoisotopic (exact) mass is 232 g/mol. The third-order valence-corrected chi connectivity index (χ3v) is 3.23. The minimum atomic E-state index is -0.534. The standard InChI is InChI=1S/C11H20O5/c1-6-8(5-9(12)14-3)16-11(15-4)7(2)10(6)13/h6-8,10-11,13H,5H2,1-4H3/t6-,7+,8-,10-,11+/m0/s1. The normalized spacial score (nSPS) is 39.4. The lowest BCUT2D eigenvalue weighted by molar-refractivity contribution is -0.253. The average molecular weight is 232 g/mol. The van der Waals surface area contributed by atoms with Crippen LogP contribution in [0.4, 0.5) is 0 Å². The highest BCUT2D eigenvalue weighted by Crippen LogP contribution is 2.31. The van der Waals surface area contributed by atoms with Crippen LogP contribution in [0.15, 0.2) is 0 Å². The van der Waals surface area contributed by atoms with Crippen molar-refractivity contribution in [2.75, 3.05) is 14.2 Å². The molecule has 5 heteroatoms. The zero-order valence-corrected chi connectivity index (χ0v) is 10.2. The Morgan fingerprint density at radius 2 is 1.94 bits per heavy atom. The van der Waals surface area contributed by atoms with E-state index in [-0.39, 0.29) is 30.3 Å². The van der Waals surface area contributed by atoms with Gasteiger partial charge in [0, 0.05) is 18.9 Å². The highest BCUT2D eigenvalue weighted by atomic mass is 16.7. The van der Waals surface area contributed by atoms with Gasteiger partial charge in [0.2, 0.25) is 0 Å². The van der Waals surface area contributed by atoms with Crippen LogP contribution in [-0.4, -0.2) is 43.8 Å². The number of hydrogen-bond acceptors (Lipinski definition) is 5. The van der Waals surface area contributed by atoms with E-state index in [1.165, 1.54) is 14.2 Å². The van der Waals surface area contributed by atoms with Gasteiger partial charge in [0.1, 0.15) is 0 Å². The van der Waals surface area contributed by atoms with E-state index in [4.69, 9.17) is 9.47 Å². The molecule has 0 aromatic rings. The molecule has 0 aromatic carbocycles. The van der Waals surface area contributed by atoms with E-state index in [1.807, 2.05) is 13.8 Å². The Kier molecular flexibility index (Phi) is 4.70. The molecule has 5 nitrogen and oxygen atoms in total. The molecular formula is C11H20O5. The molecule has 1 N–H and O–H groups in total. The van der Waals surface area contributed by atoms with Gasteiger partial charge in [-0.25, -0.2) is 0 Å². The summed E-state index contributed by atoms with van der Waals surface area (Å²) in [7, 11) is 2.86. The summed E-state index contributed by atoms with van der Waals surface area (Å²) in [5, 5.41) is 9.99. The molecule has 0 unspecified atom stereocenters. The molecule has 0 bridgehead atoms. The molecule has 0 radical (unpaired) electrons. The highest BCUT2D eigenvalue weighted by molar-refractivity contribution is 5.69. The van der Waals surface area contributed by atoms with Crippen LogP contribution in [0.1, 0.15) is 20.3 Å². The first-order chi connectivity index (χ1) is 7.51. The van der Waals surface area contributed by atoms with Gasteiger partial charge in [-0.15, -0.1) is 0 Å². The summed E-state index contributed by atoms with van der Waals surface area (Å²) >= 11 is 0. The van der Waals surface area contributed by atoms with Gasteiger partial charge in [-0.05, 0) is 0 Å². The first-order valence-electron chi connectivity index (χ1n) is 5.44. The maximum atomic E-state index is 11.2. The molecule has 1 aliphatic rings. The zero-order valence-electron chi connectivity index (χ0n) is 10.2. The number of esters is 1. The van der Waals surface area contributed by atoms with Gasteiger partial charge in [0.05, 0.1) is 25.7 Å². The average Bonchev–Trinajstić information content (AvgIpc) is 2.29. The molecule has 1 saturated heterocycles. The molecule has 16 heavy (non-hydrogen) atoms. The fourth-order valence-corrected chi connectivity index (χ4v) is 2.03. The summed E-state index contributed by atoms with van der Waals surface area (Å²) < 4.78 is 15.3. The Morgan fingerprint density at radius 3 is 2.44 bits per heavy atom. The number of aliphatic hydroxyl groups excluding tert-OH is 1. The van der Waals surface area contributed by atoms with Gasteiger partial charge in [-0.3, -0.25) is 4.79 Å². The third-order valence-electron chi connectivity index (χ3n) is 3.23. The van der Waals surface area contributed by atoms with Gasteiger partial charge in [0.25, 0.3) is 0 Å². The lowest BCUT2D eigenvalue weighted by Crippen LogP contribution is -2.50. The summed E-state index contributed by atoms with van der Waals surface area (Å²) in [6, 6.07) is 0. The molecule has 1 fully saturated rings. The van der Waals surface area contributed by atoms with E-state index < -0.39 is 12.4 Å². The number of rotatable bonds is 3. The van der Waals surface area contributed by atoms with Crippen LogP contribution in [0.5, 0.6) is 0 Å². The summed E-state index contributed by atoms with van der Waals surface area (Å²) in [6.45, 7) is 3.73.